The van der Waals surface area contributed by atoms with E-state index in [1.165, 1.54) is 30.5 Å². The van der Waals surface area contributed by atoms with Crippen molar-refractivity contribution in [1.82, 2.24) is 4.98 Å². The van der Waals surface area contributed by atoms with Crippen LogP contribution < -0.4 is 4.90 Å². The maximum atomic E-state index is 14.5. The van der Waals surface area contributed by atoms with Crippen LogP contribution in [-0.4, -0.2) is 26.8 Å². The summed E-state index contributed by atoms with van der Waals surface area (Å²) in [5.74, 6) is -0.705. The van der Waals surface area contributed by atoms with Gasteiger partial charge in [0, 0.05) is 17.3 Å². The first-order valence-corrected chi connectivity index (χ1v) is 7.61. The first kappa shape index (κ1) is 18.2. The molecule has 5 nitrogen and oxygen atoms in total. The number of benzene rings is 1. The molecular formula is C17H18ClFN2O3. The van der Waals surface area contributed by atoms with E-state index in [0.29, 0.717) is 5.56 Å². The van der Waals surface area contributed by atoms with E-state index in [-0.39, 0.29) is 16.4 Å². The fraction of sp³-hybridized carbons (Fsp3) is 0.294. The Morgan fingerprint density at radius 1 is 1.29 bits per heavy atom. The van der Waals surface area contributed by atoms with Gasteiger partial charge < -0.3 is 10.2 Å². The minimum atomic E-state index is -1.23. The van der Waals surface area contributed by atoms with Gasteiger partial charge in [0.25, 0.3) is 0 Å². The van der Waals surface area contributed by atoms with Crippen molar-refractivity contribution in [2.24, 2.45) is 0 Å². The quantitative estimate of drug-likeness (QED) is 0.810. The highest BCUT2D eigenvalue weighted by atomic mass is 35.5. The van der Waals surface area contributed by atoms with E-state index in [1.807, 2.05) is 0 Å². The third-order valence-electron chi connectivity index (χ3n) is 3.47. The predicted molar refractivity (Wildman–Crippen MR) is 90.0 cm³/mol. The van der Waals surface area contributed by atoms with Crippen LogP contribution in [0.4, 0.5) is 14.9 Å². The van der Waals surface area contributed by atoms with Crippen LogP contribution in [0.1, 0.15) is 38.0 Å². The van der Waals surface area contributed by atoms with Gasteiger partial charge in [0.1, 0.15) is 17.1 Å². The monoisotopic (exact) mass is 352 g/mol. The number of anilines is 1. The molecule has 2 N–H and O–H groups in total. The number of aliphatic hydroxyl groups is 1. The second-order valence-corrected chi connectivity index (χ2v) is 6.70. The van der Waals surface area contributed by atoms with Crippen LogP contribution in [0.3, 0.4) is 0 Å². The van der Waals surface area contributed by atoms with E-state index >= 15 is 0 Å². The molecule has 1 amide bonds. The van der Waals surface area contributed by atoms with Gasteiger partial charge in [-0.05, 0) is 50.6 Å². The number of aromatic nitrogens is 1. The highest BCUT2D eigenvalue weighted by Crippen LogP contribution is 2.30. The number of hydrogen-bond acceptors (Lipinski definition) is 3. The number of pyridine rings is 1. The second kappa shape index (κ2) is 6.75. The van der Waals surface area contributed by atoms with Crippen LogP contribution in [0.5, 0.6) is 0 Å². The van der Waals surface area contributed by atoms with Crippen LogP contribution in [-0.2, 0) is 0 Å². The zero-order chi connectivity index (χ0) is 18.1. The zero-order valence-electron chi connectivity index (χ0n) is 13.5. The third-order valence-corrected chi connectivity index (χ3v) is 3.67. The third kappa shape index (κ3) is 3.83. The normalized spacial score (nSPS) is 12.8. The molecule has 0 radical (unpaired) electrons. The van der Waals surface area contributed by atoms with Crippen molar-refractivity contribution in [2.75, 3.05) is 4.90 Å². The van der Waals surface area contributed by atoms with Gasteiger partial charge in [0.2, 0.25) is 0 Å². The summed E-state index contributed by atoms with van der Waals surface area (Å²) >= 11 is 5.78. The van der Waals surface area contributed by atoms with Gasteiger partial charge in [-0.25, -0.2) is 14.2 Å². The summed E-state index contributed by atoms with van der Waals surface area (Å²) in [6, 6.07) is 6.90. The van der Waals surface area contributed by atoms with Gasteiger partial charge in [-0.15, -0.1) is 0 Å². The average molecular weight is 353 g/mol. The van der Waals surface area contributed by atoms with Gasteiger partial charge in [-0.2, -0.15) is 0 Å². The smallest absolute Gasteiger partial charge is 0.412 e. The van der Waals surface area contributed by atoms with Crippen LogP contribution in [0.25, 0.3) is 0 Å². The van der Waals surface area contributed by atoms with E-state index in [2.05, 4.69) is 4.98 Å². The number of nitrogens with zero attached hydrogens (tertiary/aromatic N) is 2. The minimum absolute atomic E-state index is 0.0280. The molecule has 0 aliphatic rings. The Labute approximate surface area is 144 Å². The molecule has 1 aromatic carbocycles. The van der Waals surface area contributed by atoms with E-state index in [0.717, 1.165) is 11.0 Å². The number of amides is 1. The maximum Gasteiger partial charge on any atom is 0.412 e. The molecule has 1 heterocycles. The SMILES string of the molecule is CC(C)(C)N(C(=O)O)c1ccc(C(O)c2ccnc(Cl)c2)c(F)c1. The van der Waals surface area contributed by atoms with Crippen LogP contribution in [0.2, 0.25) is 5.15 Å². The Kier molecular flexibility index (Phi) is 5.11. The predicted octanol–water partition coefficient (Wildman–Crippen LogP) is 4.24. The number of rotatable bonds is 3. The largest absolute Gasteiger partial charge is 0.465 e. The Morgan fingerprint density at radius 3 is 2.46 bits per heavy atom. The summed E-state index contributed by atoms with van der Waals surface area (Å²) < 4.78 is 14.5. The molecule has 2 aromatic rings. The molecule has 0 saturated heterocycles. The molecule has 0 bridgehead atoms. The second-order valence-electron chi connectivity index (χ2n) is 6.31. The van der Waals surface area contributed by atoms with Crippen molar-refractivity contribution in [3.63, 3.8) is 0 Å². The molecule has 128 valence electrons. The van der Waals surface area contributed by atoms with Crippen LogP contribution in [0.15, 0.2) is 36.5 Å². The topological polar surface area (TPSA) is 73.7 Å². The Bertz CT molecular complexity index is 762. The van der Waals surface area contributed by atoms with Gasteiger partial charge in [-0.1, -0.05) is 17.7 Å². The number of carbonyl (C=O) groups is 1. The number of aliphatic hydroxyl groups excluding tert-OH is 1. The first-order valence-electron chi connectivity index (χ1n) is 7.23. The average Bonchev–Trinajstić information content (AvgIpc) is 2.45. The van der Waals surface area contributed by atoms with Crippen LogP contribution >= 0.6 is 11.6 Å². The molecule has 0 aliphatic heterocycles. The molecule has 0 spiro atoms. The van der Waals surface area contributed by atoms with Gasteiger partial charge in [0.05, 0.1) is 5.69 Å². The van der Waals surface area contributed by atoms with E-state index in [4.69, 9.17) is 11.6 Å². The van der Waals surface area contributed by atoms with Gasteiger partial charge >= 0.3 is 6.09 Å². The molecule has 1 atom stereocenters. The minimum Gasteiger partial charge on any atom is -0.465 e. The summed E-state index contributed by atoms with van der Waals surface area (Å²) in [7, 11) is 0. The highest BCUT2D eigenvalue weighted by Gasteiger charge is 2.29. The fourth-order valence-corrected chi connectivity index (χ4v) is 2.61. The van der Waals surface area contributed by atoms with Crippen molar-refractivity contribution in [3.8, 4) is 0 Å². The highest BCUT2D eigenvalue weighted by molar-refractivity contribution is 6.29. The molecule has 24 heavy (non-hydrogen) atoms. The fourth-order valence-electron chi connectivity index (χ4n) is 2.43. The maximum absolute atomic E-state index is 14.5. The summed E-state index contributed by atoms with van der Waals surface area (Å²) in [6.07, 6.45) is -0.998. The molecule has 1 unspecified atom stereocenters. The summed E-state index contributed by atoms with van der Waals surface area (Å²) in [5, 5.41) is 19.9. The molecule has 0 saturated carbocycles. The Balaban J connectivity index is 2.41. The number of halogens is 2. The number of carboxylic acid groups (broad SMARTS) is 1. The van der Waals surface area contributed by atoms with E-state index in [1.54, 1.807) is 20.8 Å². The summed E-state index contributed by atoms with van der Waals surface area (Å²) in [6.45, 7) is 5.13. The zero-order valence-corrected chi connectivity index (χ0v) is 14.3. The summed E-state index contributed by atoms with van der Waals surface area (Å²) in [4.78, 5) is 16.3. The van der Waals surface area contributed by atoms with Crippen molar-refractivity contribution in [2.45, 2.75) is 32.4 Å². The Hall–Kier alpha value is -2.18. The molecule has 0 aliphatic carbocycles. The van der Waals surface area contributed by atoms with Crippen LogP contribution in [0, 0.1) is 5.82 Å². The first-order chi connectivity index (χ1) is 11.1. The lowest BCUT2D eigenvalue weighted by molar-refractivity contribution is 0.195. The van der Waals surface area contributed by atoms with Crippen molar-refractivity contribution in [1.29, 1.82) is 0 Å². The molecule has 1 aromatic heterocycles. The van der Waals surface area contributed by atoms with Crippen molar-refractivity contribution in [3.05, 3.63) is 58.6 Å². The molecule has 2 rings (SSSR count). The summed E-state index contributed by atoms with van der Waals surface area (Å²) in [5.41, 5.74) is -0.124. The Morgan fingerprint density at radius 2 is 1.96 bits per heavy atom. The van der Waals surface area contributed by atoms with E-state index < -0.39 is 23.6 Å². The molecule has 7 heteroatoms. The van der Waals surface area contributed by atoms with Gasteiger partial charge in [0.15, 0.2) is 0 Å². The van der Waals surface area contributed by atoms with Gasteiger partial charge in [-0.3, -0.25) is 4.90 Å². The lowest BCUT2D eigenvalue weighted by atomic mass is 10.00. The molecule has 0 fully saturated rings. The van der Waals surface area contributed by atoms with Crippen molar-refractivity contribution >= 4 is 23.4 Å². The van der Waals surface area contributed by atoms with Crippen molar-refractivity contribution < 1.29 is 19.4 Å². The lowest BCUT2D eigenvalue weighted by Gasteiger charge is -2.33. The standard InChI is InChI=1S/C17H18ClFN2O3/c1-17(2,3)21(16(23)24)11-4-5-12(13(19)9-11)15(22)10-6-7-20-14(18)8-10/h4-9,15,22H,1-3H3,(H,23,24). The van der Waals surface area contributed by atoms with E-state index in [9.17, 15) is 19.4 Å². The number of hydrogen-bond donors (Lipinski definition) is 2. The lowest BCUT2D eigenvalue weighted by Crippen LogP contribution is -2.45. The molecular weight excluding hydrogens is 335 g/mol.